The topological polar surface area (TPSA) is 52.0 Å². The molecule has 0 aliphatic carbocycles. The van der Waals surface area contributed by atoms with Crippen molar-refractivity contribution in [2.24, 2.45) is 5.41 Å². The van der Waals surface area contributed by atoms with Gasteiger partial charge in [-0.05, 0) is 24.6 Å². The first-order valence-electron chi connectivity index (χ1n) is 7.60. The minimum absolute atomic E-state index is 0.0841. The largest absolute Gasteiger partial charge is 0.298 e. The van der Waals surface area contributed by atoms with E-state index in [-0.39, 0.29) is 11.3 Å². The second kappa shape index (κ2) is 7.05. The number of fused-ring (bicyclic) bond motifs is 1. The molecule has 0 bridgehead atoms. The van der Waals surface area contributed by atoms with Crippen LogP contribution in [0.2, 0.25) is 5.02 Å². The van der Waals surface area contributed by atoms with E-state index in [0.717, 1.165) is 6.42 Å². The predicted octanol–water partition coefficient (Wildman–Crippen LogP) is 4.17. The minimum Gasteiger partial charge on any atom is -0.298 e. The molecule has 1 aromatic carbocycles. The molecule has 0 atom stereocenters. The molecule has 0 aliphatic rings. The molecule has 0 amide bonds. The van der Waals surface area contributed by atoms with Crippen molar-refractivity contribution in [1.82, 2.24) is 9.55 Å². The summed E-state index contributed by atoms with van der Waals surface area (Å²) in [5.74, 6) is 0.428. The lowest BCUT2D eigenvalue weighted by molar-refractivity contribution is -0.123. The van der Waals surface area contributed by atoms with Gasteiger partial charge in [0.15, 0.2) is 5.16 Å². The number of hydrogen-bond acceptors (Lipinski definition) is 4. The molecule has 0 aliphatic heterocycles. The molecular weight excluding hydrogens is 332 g/mol. The maximum Gasteiger partial charge on any atom is 0.262 e. The van der Waals surface area contributed by atoms with Crippen LogP contribution in [0, 0.1) is 5.41 Å². The summed E-state index contributed by atoms with van der Waals surface area (Å²) in [4.78, 5) is 29.4. The van der Waals surface area contributed by atoms with E-state index < -0.39 is 5.41 Å². The summed E-state index contributed by atoms with van der Waals surface area (Å²) in [7, 11) is 0. The fraction of sp³-hybridized carbons (Fsp3) is 0.471. The Balaban J connectivity index is 2.46. The van der Waals surface area contributed by atoms with Crippen LogP contribution in [-0.2, 0) is 11.3 Å². The van der Waals surface area contributed by atoms with E-state index in [1.165, 1.54) is 11.8 Å². The molecule has 0 spiro atoms. The molecule has 0 radical (unpaired) electrons. The number of rotatable bonds is 5. The Morgan fingerprint density at radius 2 is 2.04 bits per heavy atom. The minimum atomic E-state index is -0.400. The smallest absolute Gasteiger partial charge is 0.262 e. The molecule has 0 N–H and O–H groups in total. The highest BCUT2D eigenvalue weighted by Gasteiger charge is 2.22. The third-order valence-electron chi connectivity index (χ3n) is 3.50. The van der Waals surface area contributed by atoms with Gasteiger partial charge in [0.25, 0.3) is 5.56 Å². The highest BCUT2D eigenvalue weighted by molar-refractivity contribution is 7.99. The number of halogens is 1. The zero-order valence-corrected chi connectivity index (χ0v) is 15.4. The zero-order chi connectivity index (χ0) is 17.2. The lowest BCUT2D eigenvalue weighted by Crippen LogP contribution is -2.25. The predicted molar refractivity (Wildman–Crippen MR) is 96.5 cm³/mol. The van der Waals surface area contributed by atoms with Gasteiger partial charge in [-0.15, -0.1) is 0 Å². The van der Waals surface area contributed by atoms with Crippen LogP contribution >= 0.6 is 23.4 Å². The standard InChI is InChI=1S/C17H21ClN2O2S/c1-5-8-20-15(22)12-7-6-11(18)9-13(12)19-16(20)23-10-14(21)17(2,3)4/h6-7,9H,5,8,10H2,1-4H3. The molecule has 0 saturated carbocycles. The molecule has 23 heavy (non-hydrogen) atoms. The Morgan fingerprint density at radius 3 is 2.65 bits per heavy atom. The van der Waals surface area contributed by atoms with Gasteiger partial charge in [0.2, 0.25) is 0 Å². The van der Waals surface area contributed by atoms with Crippen LogP contribution in [0.15, 0.2) is 28.2 Å². The summed E-state index contributed by atoms with van der Waals surface area (Å²) in [6, 6.07) is 5.08. The maximum absolute atomic E-state index is 12.7. The van der Waals surface area contributed by atoms with E-state index in [9.17, 15) is 9.59 Å². The summed E-state index contributed by atoms with van der Waals surface area (Å²) < 4.78 is 1.65. The third kappa shape index (κ3) is 4.15. The summed E-state index contributed by atoms with van der Waals surface area (Å²) in [5.41, 5.74) is 0.0861. The van der Waals surface area contributed by atoms with Crippen molar-refractivity contribution in [2.45, 2.75) is 45.8 Å². The molecule has 2 rings (SSSR count). The van der Waals surface area contributed by atoms with Crippen LogP contribution in [0.3, 0.4) is 0 Å². The number of benzene rings is 1. The molecule has 2 aromatic rings. The highest BCUT2D eigenvalue weighted by atomic mass is 35.5. The van der Waals surface area contributed by atoms with Crippen LogP contribution < -0.4 is 5.56 Å². The van der Waals surface area contributed by atoms with Crippen molar-refractivity contribution in [3.8, 4) is 0 Å². The van der Waals surface area contributed by atoms with Gasteiger partial charge in [-0.1, -0.05) is 51.1 Å². The van der Waals surface area contributed by atoms with Crippen molar-refractivity contribution in [1.29, 1.82) is 0 Å². The van der Waals surface area contributed by atoms with Gasteiger partial charge >= 0.3 is 0 Å². The molecule has 124 valence electrons. The summed E-state index contributed by atoms with van der Waals surface area (Å²) in [6.45, 7) is 8.26. The van der Waals surface area contributed by atoms with Gasteiger partial charge in [-0.2, -0.15) is 0 Å². The van der Waals surface area contributed by atoms with Crippen LogP contribution in [0.4, 0.5) is 0 Å². The Morgan fingerprint density at radius 1 is 1.35 bits per heavy atom. The molecule has 4 nitrogen and oxygen atoms in total. The molecule has 1 heterocycles. The monoisotopic (exact) mass is 352 g/mol. The van der Waals surface area contributed by atoms with Crippen LogP contribution in [0.25, 0.3) is 10.9 Å². The summed E-state index contributed by atoms with van der Waals surface area (Å²) >= 11 is 7.32. The average Bonchev–Trinajstić information content (AvgIpc) is 2.46. The lowest BCUT2D eigenvalue weighted by Gasteiger charge is -2.17. The van der Waals surface area contributed by atoms with Crippen LogP contribution in [0.1, 0.15) is 34.1 Å². The van der Waals surface area contributed by atoms with E-state index in [4.69, 9.17) is 11.6 Å². The number of Topliss-reactive ketones (excluding diaryl/α,β-unsaturated/α-hetero) is 1. The molecule has 0 unspecified atom stereocenters. The fourth-order valence-electron chi connectivity index (χ4n) is 2.05. The number of carbonyl (C=O) groups is 1. The normalized spacial score (nSPS) is 11.9. The van der Waals surface area contributed by atoms with Crippen LogP contribution in [-0.4, -0.2) is 21.1 Å². The quantitative estimate of drug-likeness (QED) is 0.598. The molecule has 0 fully saturated rings. The number of nitrogens with zero attached hydrogens (tertiary/aromatic N) is 2. The lowest BCUT2D eigenvalue weighted by atomic mass is 9.92. The fourth-order valence-corrected chi connectivity index (χ4v) is 3.40. The average molecular weight is 353 g/mol. The second-order valence-corrected chi connectivity index (χ2v) is 7.85. The Labute approximate surface area is 145 Å². The van der Waals surface area contributed by atoms with Gasteiger partial charge in [0.05, 0.1) is 16.7 Å². The molecule has 0 saturated heterocycles. The van der Waals surface area contributed by atoms with Crippen molar-refractivity contribution >= 4 is 40.0 Å². The van der Waals surface area contributed by atoms with Gasteiger partial charge in [0, 0.05) is 17.0 Å². The Kier molecular flexibility index (Phi) is 5.53. The first kappa shape index (κ1) is 18.0. The zero-order valence-electron chi connectivity index (χ0n) is 13.9. The number of aromatic nitrogens is 2. The molecule has 6 heteroatoms. The van der Waals surface area contributed by atoms with Gasteiger partial charge in [-0.25, -0.2) is 4.98 Å². The van der Waals surface area contributed by atoms with Crippen LogP contribution in [0.5, 0.6) is 0 Å². The highest BCUT2D eigenvalue weighted by Crippen LogP contribution is 2.24. The third-order valence-corrected chi connectivity index (χ3v) is 4.71. The van der Waals surface area contributed by atoms with E-state index in [1.54, 1.807) is 22.8 Å². The van der Waals surface area contributed by atoms with Gasteiger partial charge in [-0.3, -0.25) is 14.2 Å². The molecule has 1 aromatic heterocycles. The summed E-state index contributed by atoms with van der Waals surface area (Å²) in [5, 5.41) is 1.66. The van der Waals surface area contributed by atoms with Crippen molar-refractivity contribution in [2.75, 3.05) is 5.75 Å². The first-order valence-corrected chi connectivity index (χ1v) is 8.96. The number of ketones is 1. The van der Waals surface area contributed by atoms with Crippen molar-refractivity contribution in [3.05, 3.63) is 33.6 Å². The Bertz CT molecular complexity index is 794. The van der Waals surface area contributed by atoms with E-state index in [0.29, 0.717) is 33.4 Å². The van der Waals surface area contributed by atoms with E-state index >= 15 is 0 Å². The molecular formula is C17H21ClN2O2S. The van der Waals surface area contributed by atoms with E-state index in [2.05, 4.69) is 4.98 Å². The summed E-state index contributed by atoms with van der Waals surface area (Å²) in [6.07, 6.45) is 0.821. The first-order chi connectivity index (χ1) is 10.7. The second-order valence-electron chi connectivity index (χ2n) is 6.47. The van der Waals surface area contributed by atoms with Crippen molar-refractivity contribution in [3.63, 3.8) is 0 Å². The number of thioether (sulfide) groups is 1. The maximum atomic E-state index is 12.7. The van der Waals surface area contributed by atoms with Crippen molar-refractivity contribution < 1.29 is 4.79 Å². The number of carbonyl (C=O) groups excluding carboxylic acids is 1. The van der Waals surface area contributed by atoms with E-state index in [1.807, 2.05) is 27.7 Å². The van der Waals surface area contributed by atoms with Gasteiger partial charge in [0.1, 0.15) is 5.78 Å². The number of hydrogen-bond donors (Lipinski definition) is 0. The van der Waals surface area contributed by atoms with Gasteiger partial charge < -0.3 is 0 Å². The SMILES string of the molecule is CCCn1c(SCC(=O)C(C)(C)C)nc2cc(Cl)ccc2c1=O. The Hall–Kier alpha value is -1.33.